The lowest BCUT2D eigenvalue weighted by Gasteiger charge is -2.18. The molecule has 0 unspecified atom stereocenters. The first-order valence-corrected chi connectivity index (χ1v) is 8.31. The molecule has 0 aromatic heterocycles. The fourth-order valence-corrected chi connectivity index (χ4v) is 2.94. The smallest absolute Gasteiger partial charge is 0.410 e. The lowest BCUT2D eigenvalue weighted by Crippen LogP contribution is -2.37. The van der Waals surface area contributed by atoms with Gasteiger partial charge in [0.1, 0.15) is 5.25 Å². The molecule has 1 amide bonds. The molecule has 8 heteroatoms. The molecule has 2 N–H and O–H groups in total. The summed E-state index contributed by atoms with van der Waals surface area (Å²) in [5.74, 6) is -0.360. The fraction of sp³-hybridized carbons (Fsp3) is 0.786. The van der Waals surface area contributed by atoms with E-state index >= 15 is 0 Å². The minimum absolute atomic E-state index is 0.0498. The standard InChI is InChI=1S/C14H25NO6S/c1-5-11(6-2)8-22-12(13(17)18)7-15-14(19)21-10(4)20-9(3)16/h10-12H,5-8H2,1-4H3,(H,15,19)(H,17,18)/t10-,12-/m0/s1. The SMILES string of the molecule is CCC(CC)CS[C@@H](CNC(=O)O[C@@H](C)OC(C)=O)C(=O)O. The first-order valence-electron chi connectivity index (χ1n) is 7.26. The lowest BCUT2D eigenvalue weighted by atomic mass is 10.1. The zero-order valence-electron chi connectivity index (χ0n) is 13.5. The molecule has 0 saturated carbocycles. The zero-order valence-corrected chi connectivity index (χ0v) is 14.3. The summed E-state index contributed by atoms with van der Waals surface area (Å²) in [6.45, 7) is 6.68. The van der Waals surface area contributed by atoms with Gasteiger partial charge in [-0.25, -0.2) is 4.79 Å². The quantitative estimate of drug-likeness (QED) is 0.466. The number of nitrogens with one attached hydrogen (secondary N) is 1. The van der Waals surface area contributed by atoms with Crippen molar-refractivity contribution in [2.45, 2.75) is 52.1 Å². The van der Waals surface area contributed by atoms with Crippen LogP contribution in [0.3, 0.4) is 0 Å². The van der Waals surface area contributed by atoms with Crippen LogP contribution in [0.1, 0.15) is 40.5 Å². The van der Waals surface area contributed by atoms with E-state index in [1.807, 2.05) is 0 Å². The Hall–Kier alpha value is -1.44. The maximum atomic E-state index is 11.5. The number of thioether (sulfide) groups is 1. The van der Waals surface area contributed by atoms with Gasteiger partial charge in [0.2, 0.25) is 6.29 Å². The average Bonchev–Trinajstić information content (AvgIpc) is 2.41. The Balaban J connectivity index is 4.21. The zero-order chi connectivity index (χ0) is 17.1. The molecule has 0 saturated heterocycles. The number of esters is 1. The predicted octanol–water partition coefficient (Wildman–Crippen LogP) is 2.24. The molecule has 0 rings (SSSR count). The number of carboxylic acids is 1. The van der Waals surface area contributed by atoms with Crippen molar-refractivity contribution in [1.82, 2.24) is 5.32 Å². The van der Waals surface area contributed by atoms with Crippen LogP contribution >= 0.6 is 11.8 Å². The molecular weight excluding hydrogens is 310 g/mol. The van der Waals surface area contributed by atoms with E-state index in [1.165, 1.54) is 25.6 Å². The van der Waals surface area contributed by atoms with Crippen molar-refractivity contribution in [3.05, 3.63) is 0 Å². The van der Waals surface area contributed by atoms with Crippen LogP contribution in [0, 0.1) is 5.92 Å². The Morgan fingerprint density at radius 3 is 2.23 bits per heavy atom. The van der Waals surface area contributed by atoms with Crippen LogP contribution in [0.25, 0.3) is 0 Å². The number of carbonyl (C=O) groups excluding carboxylic acids is 2. The number of hydrogen-bond acceptors (Lipinski definition) is 6. The van der Waals surface area contributed by atoms with E-state index in [-0.39, 0.29) is 6.54 Å². The molecule has 128 valence electrons. The molecule has 0 aliphatic heterocycles. The summed E-state index contributed by atoms with van der Waals surface area (Å²) in [5, 5.41) is 10.8. The highest BCUT2D eigenvalue weighted by atomic mass is 32.2. The van der Waals surface area contributed by atoms with Crippen molar-refractivity contribution in [3.63, 3.8) is 0 Å². The monoisotopic (exact) mass is 335 g/mol. The van der Waals surface area contributed by atoms with Crippen LogP contribution in [-0.2, 0) is 19.1 Å². The van der Waals surface area contributed by atoms with Crippen molar-refractivity contribution >= 4 is 29.8 Å². The fourth-order valence-electron chi connectivity index (χ4n) is 1.62. The molecule has 22 heavy (non-hydrogen) atoms. The first kappa shape index (κ1) is 20.6. The minimum Gasteiger partial charge on any atom is -0.480 e. The number of rotatable bonds is 10. The summed E-state index contributed by atoms with van der Waals surface area (Å²) in [4.78, 5) is 33.4. The second-order valence-corrected chi connectivity index (χ2v) is 6.04. The van der Waals surface area contributed by atoms with Crippen molar-refractivity contribution in [1.29, 1.82) is 0 Å². The molecular formula is C14H25NO6S. The van der Waals surface area contributed by atoms with E-state index in [2.05, 4.69) is 23.9 Å². The van der Waals surface area contributed by atoms with Crippen LogP contribution in [0.15, 0.2) is 0 Å². The molecule has 0 radical (unpaired) electrons. The maximum Gasteiger partial charge on any atom is 0.410 e. The molecule has 0 fully saturated rings. The van der Waals surface area contributed by atoms with Gasteiger partial charge in [0.15, 0.2) is 0 Å². The van der Waals surface area contributed by atoms with Gasteiger partial charge in [-0.1, -0.05) is 26.7 Å². The summed E-state index contributed by atoms with van der Waals surface area (Å²) in [7, 11) is 0. The number of carboxylic acid groups (broad SMARTS) is 1. The van der Waals surface area contributed by atoms with Crippen molar-refractivity contribution in [2.24, 2.45) is 5.92 Å². The van der Waals surface area contributed by atoms with Crippen LogP contribution in [0.4, 0.5) is 4.79 Å². The summed E-state index contributed by atoms with van der Waals surface area (Å²) in [6, 6.07) is 0. The molecule has 0 heterocycles. The Labute approximate surface area is 135 Å². The van der Waals surface area contributed by atoms with Gasteiger partial charge in [0.25, 0.3) is 0 Å². The summed E-state index contributed by atoms with van der Waals surface area (Å²) < 4.78 is 9.40. The number of hydrogen-bond donors (Lipinski definition) is 2. The Bertz CT molecular complexity index is 372. The second kappa shape index (κ2) is 11.2. The van der Waals surface area contributed by atoms with Gasteiger partial charge in [-0.05, 0) is 11.7 Å². The predicted molar refractivity (Wildman–Crippen MR) is 83.7 cm³/mol. The first-order chi connectivity index (χ1) is 10.3. The van der Waals surface area contributed by atoms with Crippen molar-refractivity contribution in [3.8, 4) is 0 Å². The van der Waals surface area contributed by atoms with Gasteiger partial charge in [-0.15, -0.1) is 11.8 Å². The molecule has 0 spiro atoms. The highest BCUT2D eigenvalue weighted by Gasteiger charge is 2.21. The van der Waals surface area contributed by atoms with Crippen molar-refractivity contribution < 1.29 is 29.0 Å². The summed E-state index contributed by atoms with van der Waals surface area (Å²) in [5.41, 5.74) is 0. The number of amides is 1. The Morgan fingerprint density at radius 1 is 1.18 bits per heavy atom. The Morgan fingerprint density at radius 2 is 1.77 bits per heavy atom. The van der Waals surface area contributed by atoms with Gasteiger partial charge in [-0.3, -0.25) is 9.59 Å². The molecule has 0 bridgehead atoms. The second-order valence-electron chi connectivity index (χ2n) is 4.81. The van der Waals surface area contributed by atoms with Crippen LogP contribution in [0.2, 0.25) is 0 Å². The minimum atomic E-state index is -1.02. The van der Waals surface area contributed by atoms with E-state index < -0.39 is 29.6 Å². The molecule has 0 aliphatic carbocycles. The van der Waals surface area contributed by atoms with E-state index in [0.29, 0.717) is 5.92 Å². The third-order valence-electron chi connectivity index (χ3n) is 3.00. The topological polar surface area (TPSA) is 102 Å². The number of alkyl carbamates (subject to hydrolysis) is 1. The van der Waals surface area contributed by atoms with Gasteiger partial charge >= 0.3 is 18.0 Å². The van der Waals surface area contributed by atoms with E-state index in [0.717, 1.165) is 18.6 Å². The third kappa shape index (κ3) is 9.49. The van der Waals surface area contributed by atoms with Gasteiger partial charge in [0, 0.05) is 20.4 Å². The van der Waals surface area contributed by atoms with Gasteiger partial charge < -0.3 is 19.9 Å². The highest BCUT2D eigenvalue weighted by molar-refractivity contribution is 8.00. The highest BCUT2D eigenvalue weighted by Crippen LogP contribution is 2.19. The van der Waals surface area contributed by atoms with E-state index in [4.69, 9.17) is 9.84 Å². The summed E-state index contributed by atoms with van der Waals surface area (Å²) in [6.07, 6.45) is 0.150. The normalized spacial score (nSPS) is 13.3. The van der Waals surface area contributed by atoms with Crippen LogP contribution in [-0.4, -0.2) is 47.0 Å². The molecule has 2 atom stereocenters. The summed E-state index contributed by atoms with van der Waals surface area (Å²) >= 11 is 1.30. The van der Waals surface area contributed by atoms with E-state index in [1.54, 1.807) is 0 Å². The lowest BCUT2D eigenvalue weighted by molar-refractivity contribution is -0.162. The molecule has 0 aromatic rings. The largest absolute Gasteiger partial charge is 0.480 e. The molecule has 0 aromatic carbocycles. The molecule has 0 aliphatic rings. The Kier molecular flexibility index (Phi) is 10.4. The third-order valence-corrected chi connectivity index (χ3v) is 4.43. The van der Waals surface area contributed by atoms with Gasteiger partial charge in [0.05, 0.1) is 0 Å². The van der Waals surface area contributed by atoms with Gasteiger partial charge in [-0.2, -0.15) is 0 Å². The maximum absolute atomic E-state index is 11.5. The average molecular weight is 335 g/mol. The van der Waals surface area contributed by atoms with Crippen LogP contribution < -0.4 is 5.32 Å². The van der Waals surface area contributed by atoms with Crippen LogP contribution in [0.5, 0.6) is 0 Å². The number of ether oxygens (including phenoxy) is 2. The van der Waals surface area contributed by atoms with E-state index in [9.17, 15) is 14.4 Å². The van der Waals surface area contributed by atoms with Crippen molar-refractivity contribution in [2.75, 3.05) is 12.3 Å². The molecule has 7 nitrogen and oxygen atoms in total. The number of carbonyl (C=O) groups is 3. The number of aliphatic carboxylic acids is 1.